The quantitative estimate of drug-likeness (QED) is 0.328. The van der Waals surface area contributed by atoms with Gasteiger partial charge in [0.25, 0.3) is 0 Å². The maximum absolute atomic E-state index is 9.79. The van der Waals surface area contributed by atoms with Crippen molar-refractivity contribution in [2.75, 3.05) is 27.7 Å². The molecule has 5 heteroatoms. The van der Waals surface area contributed by atoms with Crippen LogP contribution in [0.4, 0.5) is 0 Å². The topological polar surface area (TPSA) is 76.5 Å². The first-order valence-corrected chi connectivity index (χ1v) is 4.35. The Hall–Kier alpha value is -0.200. The number of rotatable bonds is 6. The Morgan fingerprint density at radius 3 is 1.77 bits per heavy atom. The minimum absolute atomic E-state index is 0.317. The van der Waals surface area contributed by atoms with Crippen LogP contribution in [-0.2, 0) is 0 Å². The van der Waals surface area contributed by atoms with E-state index in [2.05, 4.69) is 16.0 Å². The van der Waals surface area contributed by atoms with Gasteiger partial charge in [0.2, 0.25) is 0 Å². The van der Waals surface area contributed by atoms with Gasteiger partial charge in [0.05, 0.1) is 12.3 Å². The smallest absolute Gasteiger partial charge is 0.142 e. The van der Waals surface area contributed by atoms with E-state index in [0.29, 0.717) is 6.42 Å². The average Bonchev–Trinajstić information content (AvgIpc) is 2.17. The molecule has 0 radical (unpaired) electrons. The molecule has 0 saturated carbocycles. The Balaban J connectivity index is 4.36. The molecule has 0 amide bonds. The molecule has 0 saturated heterocycles. The van der Waals surface area contributed by atoms with Crippen LogP contribution in [0, 0.1) is 0 Å². The van der Waals surface area contributed by atoms with E-state index in [0.717, 1.165) is 0 Å². The van der Waals surface area contributed by atoms with Crippen LogP contribution in [0.1, 0.15) is 13.3 Å². The van der Waals surface area contributed by atoms with Gasteiger partial charge in [-0.2, -0.15) is 0 Å². The van der Waals surface area contributed by atoms with Crippen molar-refractivity contribution in [2.45, 2.75) is 24.7 Å². The van der Waals surface area contributed by atoms with Gasteiger partial charge in [-0.15, -0.1) is 0 Å². The fourth-order valence-electron chi connectivity index (χ4n) is 1.11. The molecular formula is C8H21N3O2. The number of hydrogen-bond acceptors (Lipinski definition) is 5. The van der Waals surface area contributed by atoms with Crippen LogP contribution in [0.3, 0.4) is 0 Å². The minimum atomic E-state index is -1.25. The van der Waals surface area contributed by atoms with Crippen molar-refractivity contribution >= 4 is 0 Å². The molecule has 0 heterocycles. The predicted molar refractivity (Wildman–Crippen MR) is 52.2 cm³/mol. The summed E-state index contributed by atoms with van der Waals surface area (Å²) in [5.74, 6) is 0. The summed E-state index contributed by atoms with van der Waals surface area (Å²) < 4.78 is 0. The summed E-state index contributed by atoms with van der Waals surface area (Å²) in [5, 5.41) is 27.5. The van der Waals surface area contributed by atoms with E-state index >= 15 is 0 Å². The van der Waals surface area contributed by atoms with Crippen molar-refractivity contribution in [3.63, 3.8) is 0 Å². The van der Waals surface area contributed by atoms with Gasteiger partial charge in [-0.25, -0.2) is 0 Å². The molecule has 0 aromatic carbocycles. The van der Waals surface area contributed by atoms with E-state index in [1.165, 1.54) is 0 Å². The molecule has 1 atom stereocenters. The van der Waals surface area contributed by atoms with Crippen molar-refractivity contribution in [2.24, 2.45) is 0 Å². The van der Waals surface area contributed by atoms with Gasteiger partial charge in [0.15, 0.2) is 0 Å². The summed E-state index contributed by atoms with van der Waals surface area (Å²) in [6, 6.07) is 0. The zero-order valence-electron chi connectivity index (χ0n) is 8.81. The monoisotopic (exact) mass is 191 g/mol. The highest BCUT2D eigenvalue weighted by atomic mass is 16.3. The summed E-state index contributed by atoms with van der Waals surface area (Å²) in [4.78, 5) is 0. The highest BCUT2D eigenvalue weighted by molar-refractivity contribution is 4.87. The second kappa shape index (κ2) is 4.88. The Labute approximate surface area is 79.5 Å². The molecule has 5 nitrogen and oxygen atoms in total. The summed E-state index contributed by atoms with van der Waals surface area (Å²) in [7, 11) is 5.20. The fraction of sp³-hybridized carbons (Fsp3) is 1.00. The standard InChI is InChI=1S/C8H21N3O2/c1-7(9-2,10-3)5-8(13,6-12)11-4/h9-13H,5-6H2,1-4H3. The van der Waals surface area contributed by atoms with Crippen molar-refractivity contribution in [3.8, 4) is 0 Å². The van der Waals surface area contributed by atoms with E-state index in [9.17, 15) is 5.11 Å². The molecule has 1 unspecified atom stereocenters. The van der Waals surface area contributed by atoms with E-state index < -0.39 is 11.4 Å². The Kier molecular flexibility index (Phi) is 4.80. The lowest BCUT2D eigenvalue weighted by molar-refractivity contribution is -0.0636. The number of nitrogens with one attached hydrogen (secondary N) is 3. The van der Waals surface area contributed by atoms with Gasteiger partial charge < -0.3 is 20.8 Å². The Morgan fingerprint density at radius 1 is 1.08 bits per heavy atom. The lowest BCUT2D eigenvalue weighted by Gasteiger charge is -2.37. The van der Waals surface area contributed by atoms with E-state index in [4.69, 9.17) is 5.11 Å². The van der Waals surface area contributed by atoms with Gasteiger partial charge >= 0.3 is 0 Å². The SMILES string of the molecule is CNC(O)(CO)CC(C)(NC)NC. The molecule has 0 aliphatic carbocycles. The molecule has 0 aliphatic rings. The molecular weight excluding hydrogens is 170 g/mol. The van der Waals surface area contributed by atoms with Gasteiger partial charge in [-0.05, 0) is 28.1 Å². The van der Waals surface area contributed by atoms with Gasteiger partial charge in [-0.1, -0.05) is 0 Å². The molecule has 0 aromatic rings. The average molecular weight is 191 g/mol. The molecule has 80 valence electrons. The van der Waals surface area contributed by atoms with Gasteiger partial charge in [-0.3, -0.25) is 5.32 Å². The molecule has 5 N–H and O–H groups in total. The third-order valence-electron chi connectivity index (χ3n) is 2.48. The normalized spacial score (nSPS) is 17.1. The van der Waals surface area contributed by atoms with Crippen LogP contribution in [0.5, 0.6) is 0 Å². The highest BCUT2D eigenvalue weighted by Crippen LogP contribution is 2.14. The number of aliphatic hydroxyl groups is 2. The second-order valence-corrected chi connectivity index (χ2v) is 3.45. The summed E-state index contributed by atoms with van der Waals surface area (Å²) in [6.07, 6.45) is 0.361. The molecule has 13 heavy (non-hydrogen) atoms. The largest absolute Gasteiger partial charge is 0.392 e. The second-order valence-electron chi connectivity index (χ2n) is 3.45. The van der Waals surface area contributed by atoms with Crippen molar-refractivity contribution in [1.29, 1.82) is 0 Å². The van der Waals surface area contributed by atoms with Crippen LogP contribution in [0.15, 0.2) is 0 Å². The summed E-state index contributed by atoms with van der Waals surface area (Å²) >= 11 is 0. The van der Waals surface area contributed by atoms with Crippen molar-refractivity contribution in [1.82, 2.24) is 16.0 Å². The molecule has 0 bridgehead atoms. The number of aliphatic hydroxyl groups excluding tert-OH is 1. The first kappa shape index (κ1) is 12.8. The van der Waals surface area contributed by atoms with Crippen LogP contribution in [-0.4, -0.2) is 49.4 Å². The molecule has 0 fully saturated rings. The summed E-state index contributed by atoms with van der Waals surface area (Å²) in [5.41, 5.74) is -1.65. The number of likely N-dealkylation sites (N-methyl/N-ethyl adjacent to an activating group) is 1. The van der Waals surface area contributed by atoms with E-state index in [1.807, 2.05) is 6.92 Å². The Bertz CT molecular complexity index is 128. The predicted octanol–water partition coefficient (Wildman–Crippen LogP) is -1.57. The maximum Gasteiger partial charge on any atom is 0.142 e. The molecule has 0 aromatic heterocycles. The molecule has 0 rings (SSSR count). The zero-order valence-corrected chi connectivity index (χ0v) is 8.81. The van der Waals surface area contributed by atoms with Crippen LogP contribution >= 0.6 is 0 Å². The fourth-order valence-corrected chi connectivity index (χ4v) is 1.11. The lowest BCUT2D eigenvalue weighted by Crippen LogP contribution is -2.60. The van der Waals surface area contributed by atoms with Crippen molar-refractivity contribution in [3.05, 3.63) is 0 Å². The van der Waals surface area contributed by atoms with Crippen LogP contribution in [0.25, 0.3) is 0 Å². The van der Waals surface area contributed by atoms with E-state index in [-0.39, 0.29) is 6.61 Å². The van der Waals surface area contributed by atoms with Crippen LogP contribution in [0.2, 0.25) is 0 Å². The summed E-state index contributed by atoms with van der Waals surface area (Å²) in [6.45, 7) is 1.59. The van der Waals surface area contributed by atoms with E-state index in [1.54, 1.807) is 21.1 Å². The number of hydrogen-bond donors (Lipinski definition) is 5. The first-order valence-electron chi connectivity index (χ1n) is 4.35. The highest BCUT2D eigenvalue weighted by Gasteiger charge is 2.33. The zero-order chi connectivity index (χ0) is 10.5. The molecule has 0 spiro atoms. The van der Waals surface area contributed by atoms with Gasteiger partial charge in [0, 0.05) is 6.42 Å². The van der Waals surface area contributed by atoms with Crippen molar-refractivity contribution < 1.29 is 10.2 Å². The maximum atomic E-state index is 9.79. The van der Waals surface area contributed by atoms with Gasteiger partial charge in [0.1, 0.15) is 5.72 Å². The van der Waals surface area contributed by atoms with Crippen LogP contribution < -0.4 is 16.0 Å². The molecule has 0 aliphatic heterocycles. The minimum Gasteiger partial charge on any atom is -0.392 e. The first-order chi connectivity index (χ1) is 5.95. The lowest BCUT2D eigenvalue weighted by atomic mass is 9.99. The third-order valence-corrected chi connectivity index (χ3v) is 2.48. The third kappa shape index (κ3) is 3.58. The Morgan fingerprint density at radius 2 is 1.54 bits per heavy atom.